The van der Waals surface area contributed by atoms with Crippen LogP contribution in [0.3, 0.4) is 0 Å². The fourth-order valence-electron chi connectivity index (χ4n) is 2.91. The Balaban J connectivity index is 2.19. The van der Waals surface area contributed by atoms with Gasteiger partial charge in [-0.05, 0) is 50.8 Å². The van der Waals surface area contributed by atoms with E-state index in [0.717, 1.165) is 37.9 Å². The van der Waals surface area contributed by atoms with Crippen LogP contribution in [0.5, 0.6) is 0 Å². The molecule has 0 radical (unpaired) electrons. The van der Waals surface area contributed by atoms with Gasteiger partial charge in [-0.25, -0.2) is 4.79 Å². The number of nitrogens with two attached hydrogens (primary N) is 1. The molecule has 1 aromatic rings. The van der Waals surface area contributed by atoms with Gasteiger partial charge in [0, 0.05) is 30.6 Å². The van der Waals surface area contributed by atoms with Crippen LogP contribution in [0, 0.1) is 0 Å². The Labute approximate surface area is 125 Å². The van der Waals surface area contributed by atoms with Crippen LogP contribution in [-0.2, 0) is 4.74 Å². The van der Waals surface area contributed by atoms with Crippen LogP contribution >= 0.6 is 0 Å². The summed E-state index contributed by atoms with van der Waals surface area (Å²) in [5, 5.41) is 9.00. The highest BCUT2D eigenvalue weighted by molar-refractivity contribution is 5.96. The Morgan fingerprint density at radius 3 is 3.05 bits per heavy atom. The molecule has 0 saturated carbocycles. The highest BCUT2D eigenvalue weighted by Gasteiger charge is 2.25. The number of hydrogen-bond donors (Lipinski definition) is 2. The maximum atomic E-state index is 11.9. The molecule has 1 fully saturated rings. The number of aliphatic hydroxyl groups is 1. The van der Waals surface area contributed by atoms with Gasteiger partial charge in [-0.15, -0.1) is 0 Å². The van der Waals surface area contributed by atoms with Crippen molar-refractivity contribution in [2.45, 2.75) is 38.6 Å². The largest absolute Gasteiger partial charge is 0.462 e. The molecule has 0 bridgehead atoms. The number of anilines is 2. The highest BCUT2D eigenvalue weighted by atomic mass is 16.5. The van der Waals surface area contributed by atoms with Crippen LogP contribution in [0.4, 0.5) is 11.4 Å². The zero-order valence-electron chi connectivity index (χ0n) is 12.5. The molecule has 0 aliphatic carbocycles. The number of rotatable bonds is 6. The van der Waals surface area contributed by atoms with E-state index in [0.29, 0.717) is 23.9 Å². The summed E-state index contributed by atoms with van der Waals surface area (Å²) in [6.07, 6.45) is 4.03. The van der Waals surface area contributed by atoms with E-state index >= 15 is 0 Å². The first-order valence-corrected chi connectivity index (χ1v) is 7.61. The molecule has 21 heavy (non-hydrogen) atoms. The second-order valence-electron chi connectivity index (χ2n) is 5.35. The number of ether oxygens (including phenoxy) is 1. The first kappa shape index (κ1) is 15.6. The summed E-state index contributed by atoms with van der Waals surface area (Å²) in [5.41, 5.74) is 7.77. The Morgan fingerprint density at radius 2 is 2.33 bits per heavy atom. The van der Waals surface area contributed by atoms with Crippen molar-refractivity contribution in [1.29, 1.82) is 0 Å². The van der Waals surface area contributed by atoms with Crippen LogP contribution < -0.4 is 10.6 Å². The third kappa shape index (κ3) is 3.67. The monoisotopic (exact) mass is 292 g/mol. The quantitative estimate of drug-likeness (QED) is 0.621. The van der Waals surface area contributed by atoms with Gasteiger partial charge >= 0.3 is 5.97 Å². The van der Waals surface area contributed by atoms with Gasteiger partial charge in [-0.1, -0.05) is 0 Å². The van der Waals surface area contributed by atoms with Gasteiger partial charge < -0.3 is 20.5 Å². The van der Waals surface area contributed by atoms with Crippen LogP contribution in [0.15, 0.2) is 18.2 Å². The van der Waals surface area contributed by atoms with Crippen molar-refractivity contribution in [2.24, 2.45) is 0 Å². The molecule has 1 heterocycles. The molecular weight excluding hydrogens is 268 g/mol. The topological polar surface area (TPSA) is 75.8 Å². The zero-order chi connectivity index (χ0) is 15.2. The number of hydrogen-bond acceptors (Lipinski definition) is 5. The molecule has 1 aliphatic heterocycles. The lowest BCUT2D eigenvalue weighted by atomic mass is 10.1. The molecule has 0 aromatic heterocycles. The van der Waals surface area contributed by atoms with E-state index in [9.17, 15) is 4.79 Å². The fourth-order valence-corrected chi connectivity index (χ4v) is 2.91. The Morgan fingerprint density at radius 1 is 1.52 bits per heavy atom. The van der Waals surface area contributed by atoms with Gasteiger partial charge in [0.15, 0.2) is 0 Å². The summed E-state index contributed by atoms with van der Waals surface area (Å²) < 4.78 is 5.05. The van der Waals surface area contributed by atoms with Crippen LogP contribution in [-0.4, -0.2) is 36.9 Å². The fraction of sp³-hybridized carbons (Fsp3) is 0.562. The maximum Gasteiger partial charge on any atom is 0.340 e. The van der Waals surface area contributed by atoms with Crippen molar-refractivity contribution in [2.75, 3.05) is 30.4 Å². The van der Waals surface area contributed by atoms with E-state index < -0.39 is 0 Å². The predicted molar refractivity (Wildman–Crippen MR) is 83.5 cm³/mol. The molecule has 1 unspecified atom stereocenters. The molecule has 1 atom stereocenters. The Hall–Kier alpha value is -1.75. The van der Waals surface area contributed by atoms with Crippen LogP contribution in [0.2, 0.25) is 0 Å². The van der Waals surface area contributed by atoms with E-state index in [1.807, 2.05) is 12.1 Å². The van der Waals surface area contributed by atoms with Gasteiger partial charge in [0.1, 0.15) is 0 Å². The van der Waals surface area contributed by atoms with E-state index in [1.165, 1.54) is 0 Å². The summed E-state index contributed by atoms with van der Waals surface area (Å²) >= 11 is 0. The second kappa shape index (κ2) is 7.31. The second-order valence-corrected chi connectivity index (χ2v) is 5.35. The van der Waals surface area contributed by atoms with Crippen molar-refractivity contribution in [3.05, 3.63) is 23.8 Å². The molecule has 0 spiro atoms. The SMILES string of the molecule is CCOC(=O)c1cc(N2CCCC2CCCO)ccc1N. The van der Waals surface area contributed by atoms with Crippen LogP contribution in [0.1, 0.15) is 43.0 Å². The van der Waals surface area contributed by atoms with Gasteiger partial charge in [0.25, 0.3) is 0 Å². The molecule has 1 aromatic carbocycles. The number of nitrogens with zero attached hydrogens (tertiary/aromatic N) is 1. The van der Waals surface area contributed by atoms with Crippen molar-refractivity contribution in [3.8, 4) is 0 Å². The molecule has 116 valence electrons. The lowest BCUT2D eigenvalue weighted by Gasteiger charge is -2.27. The van der Waals surface area contributed by atoms with E-state index in [2.05, 4.69) is 4.90 Å². The smallest absolute Gasteiger partial charge is 0.340 e. The number of esters is 1. The minimum absolute atomic E-state index is 0.222. The summed E-state index contributed by atoms with van der Waals surface area (Å²) in [5.74, 6) is -0.372. The Kier molecular flexibility index (Phi) is 5.44. The van der Waals surface area contributed by atoms with Crippen LogP contribution in [0.25, 0.3) is 0 Å². The van der Waals surface area contributed by atoms with E-state index in [1.54, 1.807) is 13.0 Å². The molecule has 5 heteroatoms. The standard InChI is InChI=1S/C16H24N2O3/c1-2-21-16(20)14-11-13(7-8-15(14)17)18-9-3-5-12(18)6-4-10-19/h7-8,11-12,19H,2-6,9-10,17H2,1H3. The number of nitrogen functional groups attached to an aromatic ring is 1. The first-order chi connectivity index (χ1) is 10.2. The van der Waals surface area contributed by atoms with Gasteiger partial charge in [0.2, 0.25) is 0 Å². The van der Waals surface area contributed by atoms with Gasteiger partial charge in [0.05, 0.1) is 12.2 Å². The minimum Gasteiger partial charge on any atom is -0.462 e. The highest BCUT2D eigenvalue weighted by Crippen LogP contribution is 2.30. The summed E-state index contributed by atoms with van der Waals surface area (Å²) in [7, 11) is 0. The normalized spacial score (nSPS) is 18.0. The first-order valence-electron chi connectivity index (χ1n) is 7.61. The third-order valence-corrected chi connectivity index (χ3v) is 3.94. The maximum absolute atomic E-state index is 11.9. The molecule has 1 aliphatic rings. The number of carbonyl (C=O) groups excluding carboxylic acids is 1. The molecule has 3 N–H and O–H groups in total. The van der Waals surface area contributed by atoms with Crippen molar-refractivity contribution >= 4 is 17.3 Å². The third-order valence-electron chi connectivity index (χ3n) is 3.94. The summed E-state index contributed by atoms with van der Waals surface area (Å²) in [4.78, 5) is 14.2. The molecule has 2 rings (SSSR count). The lowest BCUT2D eigenvalue weighted by Crippen LogP contribution is -2.29. The summed E-state index contributed by atoms with van der Waals surface area (Å²) in [6, 6.07) is 5.97. The van der Waals surface area contributed by atoms with Gasteiger partial charge in [-0.3, -0.25) is 0 Å². The number of aliphatic hydroxyl groups excluding tert-OH is 1. The average Bonchev–Trinajstić information content (AvgIpc) is 2.94. The molecule has 5 nitrogen and oxygen atoms in total. The van der Waals surface area contributed by atoms with Crippen molar-refractivity contribution in [3.63, 3.8) is 0 Å². The van der Waals surface area contributed by atoms with E-state index in [-0.39, 0.29) is 12.6 Å². The minimum atomic E-state index is -0.372. The number of carbonyl (C=O) groups is 1. The zero-order valence-corrected chi connectivity index (χ0v) is 12.5. The molecular formula is C16H24N2O3. The van der Waals surface area contributed by atoms with Crippen molar-refractivity contribution in [1.82, 2.24) is 0 Å². The Bertz CT molecular complexity index is 490. The predicted octanol–water partition coefficient (Wildman–Crippen LogP) is 2.19. The lowest BCUT2D eigenvalue weighted by molar-refractivity contribution is 0.0527. The molecule has 0 amide bonds. The van der Waals surface area contributed by atoms with Gasteiger partial charge in [-0.2, -0.15) is 0 Å². The molecule has 1 saturated heterocycles. The number of benzene rings is 1. The summed E-state index contributed by atoms with van der Waals surface area (Å²) in [6.45, 7) is 3.32. The van der Waals surface area contributed by atoms with Crippen molar-refractivity contribution < 1.29 is 14.6 Å². The van der Waals surface area contributed by atoms with E-state index in [4.69, 9.17) is 15.6 Å². The average molecular weight is 292 g/mol.